The van der Waals surface area contributed by atoms with Gasteiger partial charge < -0.3 is 9.88 Å². The van der Waals surface area contributed by atoms with Crippen LogP contribution in [0.25, 0.3) is 0 Å². The van der Waals surface area contributed by atoms with E-state index in [2.05, 4.69) is 0 Å². The number of hydrogen-bond acceptors (Lipinski definition) is 2. The number of carbonyl (C=O) groups is 1. The van der Waals surface area contributed by atoms with Crippen molar-refractivity contribution in [2.24, 2.45) is 0 Å². The number of anilines is 1. The van der Waals surface area contributed by atoms with Crippen LogP contribution in [0.5, 0.6) is 0 Å². The van der Waals surface area contributed by atoms with Crippen LogP contribution in [0.15, 0.2) is 35.3 Å². The fourth-order valence-corrected chi connectivity index (χ4v) is 2.03. The molecule has 0 bridgehead atoms. The van der Waals surface area contributed by atoms with Crippen molar-refractivity contribution in [3.8, 4) is 0 Å². The minimum atomic E-state index is -4.77. The van der Waals surface area contributed by atoms with Gasteiger partial charge in [0.1, 0.15) is 23.2 Å². The lowest BCUT2D eigenvalue weighted by atomic mass is 10.2. The number of nitrogens with zero attached hydrogens (tertiary/aromatic N) is 1. The number of rotatable bonds is 3. The highest BCUT2D eigenvalue weighted by Crippen LogP contribution is 2.29. The lowest BCUT2D eigenvalue weighted by molar-refractivity contribution is -0.138. The van der Waals surface area contributed by atoms with Crippen LogP contribution in [-0.4, -0.2) is 10.5 Å². The summed E-state index contributed by atoms with van der Waals surface area (Å²) in [5.41, 5.74) is -2.61. The van der Waals surface area contributed by atoms with E-state index in [1.807, 2.05) is 5.32 Å². The first-order valence-corrected chi connectivity index (χ1v) is 6.68. The van der Waals surface area contributed by atoms with Gasteiger partial charge in [-0.15, -0.1) is 0 Å². The van der Waals surface area contributed by atoms with Crippen molar-refractivity contribution in [3.63, 3.8) is 0 Å². The van der Waals surface area contributed by atoms with E-state index < -0.39 is 46.4 Å². The van der Waals surface area contributed by atoms with Gasteiger partial charge in [-0.25, -0.2) is 8.78 Å². The Hall–Kier alpha value is -2.42. The minimum Gasteiger partial charge on any atom is -0.322 e. The van der Waals surface area contributed by atoms with Crippen molar-refractivity contribution in [2.75, 3.05) is 5.32 Å². The first-order valence-electron chi connectivity index (χ1n) is 6.30. The molecule has 10 heteroatoms. The van der Waals surface area contributed by atoms with Crippen molar-refractivity contribution in [2.45, 2.75) is 12.7 Å². The summed E-state index contributed by atoms with van der Waals surface area (Å²) in [6, 6.07) is 2.78. The van der Waals surface area contributed by atoms with Gasteiger partial charge in [-0.05, 0) is 18.2 Å². The number of carbonyl (C=O) groups excluding carboxylic acids is 1. The molecule has 0 saturated carbocycles. The van der Waals surface area contributed by atoms with E-state index in [1.165, 1.54) is 0 Å². The van der Waals surface area contributed by atoms with Crippen molar-refractivity contribution >= 4 is 23.2 Å². The van der Waals surface area contributed by atoms with Gasteiger partial charge in [0.2, 0.25) is 5.91 Å². The molecule has 4 nitrogen and oxygen atoms in total. The topological polar surface area (TPSA) is 51.1 Å². The van der Waals surface area contributed by atoms with E-state index >= 15 is 0 Å². The first-order chi connectivity index (χ1) is 11.1. The Labute approximate surface area is 136 Å². The summed E-state index contributed by atoms with van der Waals surface area (Å²) in [5, 5.41) is 1.31. The number of aromatic nitrogens is 1. The fourth-order valence-electron chi connectivity index (χ4n) is 1.81. The molecule has 1 N–H and O–H groups in total. The third-order valence-electron chi connectivity index (χ3n) is 2.89. The van der Waals surface area contributed by atoms with Crippen molar-refractivity contribution in [3.05, 3.63) is 63.0 Å². The Morgan fingerprint density at radius 3 is 2.46 bits per heavy atom. The van der Waals surface area contributed by atoms with E-state index in [0.717, 1.165) is 12.1 Å². The van der Waals surface area contributed by atoms with Crippen LogP contribution in [0.4, 0.5) is 27.6 Å². The average molecular weight is 367 g/mol. The molecule has 1 aromatic carbocycles. The molecule has 1 aromatic heterocycles. The number of nitrogens with one attached hydrogen (secondary N) is 1. The van der Waals surface area contributed by atoms with Crippen LogP contribution >= 0.6 is 11.6 Å². The van der Waals surface area contributed by atoms with Gasteiger partial charge in [0.15, 0.2) is 0 Å². The molecule has 2 aromatic rings. The van der Waals surface area contributed by atoms with Crippen LogP contribution in [-0.2, 0) is 17.5 Å². The van der Waals surface area contributed by atoms with Crippen LogP contribution in [0.1, 0.15) is 5.56 Å². The molecule has 0 radical (unpaired) electrons. The van der Waals surface area contributed by atoms with Crippen molar-refractivity contribution < 1.29 is 26.7 Å². The second-order valence-corrected chi connectivity index (χ2v) is 5.09. The maximum atomic E-state index is 13.4. The minimum absolute atomic E-state index is 0.382. The van der Waals surface area contributed by atoms with Gasteiger partial charge in [-0.3, -0.25) is 9.59 Å². The van der Waals surface area contributed by atoms with Gasteiger partial charge in [0.05, 0.1) is 11.3 Å². The average Bonchev–Trinajstić information content (AvgIpc) is 2.45. The summed E-state index contributed by atoms with van der Waals surface area (Å²) in [7, 11) is 0. The predicted molar refractivity (Wildman–Crippen MR) is 75.7 cm³/mol. The molecule has 1 heterocycles. The normalized spacial score (nSPS) is 11.4. The SMILES string of the molecule is O=C(Cn1cc(C(F)(F)F)cc(Cl)c1=O)Nc1ccc(F)cc1F. The molecule has 0 aliphatic heterocycles. The maximum absolute atomic E-state index is 13.4. The highest BCUT2D eigenvalue weighted by atomic mass is 35.5. The predicted octanol–water partition coefficient (Wildman–Crippen LogP) is 3.44. The molecule has 1 amide bonds. The Kier molecular flexibility index (Phi) is 4.93. The molecule has 0 aliphatic rings. The number of pyridine rings is 1. The van der Waals surface area contributed by atoms with E-state index in [0.29, 0.717) is 22.9 Å². The molecule has 0 unspecified atom stereocenters. The Morgan fingerprint density at radius 2 is 1.88 bits per heavy atom. The van der Waals surface area contributed by atoms with E-state index in [1.54, 1.807) is 0 Å². The summed E-state index contributed by atoms with van der Waals surface area (Å²) < 4.78 is 64.7. The molecule has 2 rings (SSSR count). The maximum Gasteiger partial charge on any atom is 0.417 e. The first kappa shape index (κ1) is 17.9. The molecule has 0 spiro atoms. The van der Waals surface area contributed by atoms with Gasteiger partial charge in [0.25, 0.3) is 5.56 Å². The second-order valence-electron chi connectivity index (χ2n) is 4.68. The van der Waals surface area contributed by atoms with Gasteiger partial charge in [-0.1, -0.05) is 11.6 Å². The zero-order valence-corrected chi connectivity index (χ0v) is 12.4. The van der Waals surface area contributed by atoms with E-state index in [9.17, 15) is 31.5 Å². The van der Waals surface area contributed by atoms with Gasteiger partial charge in [-0.2, -0.15) is 13.2 Å². The third-order valence-corrected chi connectivity index (χ3v) is 3.16. The lowest BCUT2D eigenvalue weighted by Gasteiger charge is -2.12. The summed E-state index contributed by atoms with van der Waals surface area (Å²) in [5.74, 6) is -2.93. The van der Waals surface area contributed by atoms with E-state index in [-0.39, 0.29) is 5.69 Å². The highest BCUT2D eigenvalue weighted by molar-refractivity contribution is 6.30. The Morgan fingerprint density at radius 1 is 1.21 bits per heavy atom. The number of halogens is 6. The van der Waals surface area contributed by atoms with Crippen LogP contribution in [0.3, 0.4) is 0 Å². The van der Waals surface area contributed by atoms with Crippen molar-refractivity contribution in [1.82, 2.24) is 4.57 Å². The molecular formula is C14H8ClF5N2O2. The summed E-state index contributed by atoms with van der Waals surface area (Å²) in [6.45, 7) is -0.834. The number of hydrogen-bond donors (Lipinski definition) is 1. The zero-order valence-electron chi connectivity index (χ0n) is 11.6. The molecule has 0 atom stereocenters. The largest absolute Gasteiger partial charge is 0.417 e. The van der Waals surface area contributed by atoms with Crippen LogP contribution in [0, 0.1) is 11.6 Å². The molecular weight excluding hydrogens is 359 g/mol. The Balaban J connectivity index is 2.25. The summed E-state index contributed by atoms with van der Waals surface area (Å²) in [6.07, 6.45) is -4.34. The number of amides is 1. The third kappa shape index (κ3) is 4.10. The molecule has 0 fully saturated rings. The van der Waals surface area contributed by atoms with Crippen LogP contribution in [0.2, 0.25) is 5.02 Å². The fraction of sp³-hybridized carbons (Fsp3) is 0.143. The molecule has 128 valence electrons. The molecule has 0 saturated heterocycles. The quantitative estimate of drug-likeness (QED) is 0.846. The summed E-state index contributed by atoms with van der Waals surface area (Å²) in [4.78, 5) is 23.5. The number of alkyl halides is 3. The van der Waals surface area contributed by atoms with Gasteiger partial charge in [0, 0.05) is 12.3 Å². The molecule has 24 heavy (non-hydrogen) atoms. The smallest absolute Gasteiger partial charge is 0.322 e. The molecule has 0 aliphatic carbocycles. The van der Waals surface area contributed by atoms with Crippen LogP contribution < -0.4 is 10.9 Å². The number of benzene rings is 1. The van der Waals surface area contributed by atoms with E-state index in [4.69, 9.17) is 11.6 Å². The standard InChI is InChI=1S/C14H8ClF5N2O2/c15-9-3-7(14(18,19)20)5-22(13(9)24)6-12(23)21-11-2-1-8(16)4-10(11)17/h1-5H,6H2,(H,21,23). The lowest BCUT2D eigenvalue weighted by Crippen LogP contribution is -2.29. The monoisotopic (exact) mass is 366 g/mol. The van der Waals surface area contributed by atoms with Gasteiger partial charge >= 0.3 is 6.18 Å². The zero-order chi connectivity index (χ0) is 18.1. The second kappa shape index (κ2) is 6.60. The highest BCUT2D eigenvalue weighted by Gasteiger charge is 2.32. The Bertz CT molecular complexity index is 848. The van der Waals surface area contributed by atoms with Crippen molar-refractivity contribution in [1.29, 1.82) is 0 Å². The summed E-state index contributed by atoms with van der Waals surface area (Å²) >= 11 is 5.44.